The maximum Gasteiger partial charge on any atom is 0.216 e. The van der Waals surface area contributed by atoms with Crippen molar-refractivity contribution in [2.45, 2.75) is 58.1 Å². The minimum Gasteiger partial charge on any atom is -0.493 e. The van der Waals surface area contributed by atoms with E-state index in [1.165, 1.54) is 6.42 Å². The first-order valence-corrected chi connectivity index (χ1v) is 7.47. The van der Waals surface area contributed by atoms with Gasteiger partial charge in [0.15, 0.2) is 5.75 Å². The largest absolute Gasteiger partial charge is 0.493 e. The van der Waals surface area contributed by atoms with E-state index < -0.39 is 5.60 Å². The zero-order valence-corrected chi connectivity index (χ0v) is 12.6. The number of hydrogen-bond donors (Lipinski definition) is 0. The Morgan fingerprint density at radius 3 is 2.60 bits per heavy atom. The Balaban J connectivity index is 2.38. The maximum atomic E-state index is 13.1. The van der Waals surface area contributed by atoms with Gasteiger partial charge in [0.2, 0.25) is 5.78 Å². The molecular weight excluding hydrogens is 256 g/mol. The number of ether oxygens (including phenoxy) is 2. The van der Waals surface area contributed by atoms with E-state index in [2.05, 4.69) is 5.10 Å². The highest BCUT2D eigenvalue weighted by Gasteiger charge is 2.43. The van der Waals surface area contributed by atoms with E-state index in [0.29, 0.717) is 24.6 Å². The topological polar surface area (TPSA) is 53.4 Å². The summed E-state index contributed by atoms with van der Waals surface area (Å²) in [6.07, 6.45) is 6.43. The van der Waals surface area contributed by atoms with Crippen molar-refractivity contribution < 1.29 is 14.3 Å². The molecule has 1 aliphatic carbocycles. The molecule has 0 bridgehead atoms. The molecule has 1 saturated carbocycles. The number of ketones is 1. The van der Waals surface area contributed by atoms with Crippen LogP contribution >= 0.6 is 0 Å². The lowest BCUT2D eigenvalue weighted by Gasteiger charge is -2.35. The molecule has 20 heavy (non-hydrogen) atoms. The van der Waals surface area contributed by atoms with Crippen molar-refractivity contribution in [2.75, 3.05) is 13.7 Å². The quantitative estimate of drug-likeness (QED) is 0.752. The van der Waals surface area contributed by atoms with E-state index in [9.17, 15) is 4.79 Å². The van der Waals surface area contributed by atoms with Crippen LogP contribution in [0.1, 0.15) is 56.4 Å². The number of aromatic nitrogens is 2. The van der Waals surface area contributed by atoms with Crippen LogP contribution in [0, 0.1) is 0 Å². The van der Waals surface area contributed by atoms with Crippen molar-refractivity contribution in [2.24, 2.45) is 0 Å². The summed E-state index contributed by atoms with van der Waals surface area (Å²) >= 11 is 0. The Bertz CT molecular complexity index is 435. The normalized spacial score (nSPS) is 17.9. The van der Waals surface area contributed by atoms with Gasteiger partial charge in [-0.3, -0.25) is 9.48 Å². The fourth-order valence-electron chi connectivity index (χ4n) is 3.04. The molecule has 0 radical (unpaired) electrons. The van der Waals surface area contributed by atoms with Gasteiger partial charge in [-0.25, -0.2) is 0 Å². The summed E-state index contributed by atoms with van der Waals surface area (Å²) in [4.78, 5) is 13.1. The monoisotopic (exact) mass is 280 g/mol. The smallest absolute Gasteiger partial charge is 0.216 e. The molecular formula is C15H24N2O3. The highest BCUT2D eigenvalue weighted by atomic mass is 16.5. The maximum absolute atomic E-state index is 13.1. The second kappa shape index (κ2) is 6.39. The minimum absolute atomic E-state index is 0.0234. The summed E-state index contributed by atoms with van der Waals surface area (Å²) in [6.45, 7) is 5.11. The number of Topliss-reactive ketones (excluding diaryl/α,β-unsaturated/α-hetero) is 1. The third-order valence-corrected chi connectivity index (χ3v) is 4.04. The standard InChI is InChI=1S/C15H24N2O3/c1-4-17-13(12(19-3)11-16-17)14(18)15(20-5-2)9-7-6-8-10-15/h11H,4-10H2,1-3H3. The van der Waals surface area contributed by atoms with Gasteiger partial charge in [-0.1, -0.05) is 19.3 Å². The van der Waals surface area contributed by atoms with Crippen LogP contribution in [-0.2, 0) is 11.3 Å². The molecule has 1 fully saturated rings. The summed E-state index contributed by atoms with van der Waals surface area (Å²) in [5.74, 6) is 0.566. The number of carbonyl (C=O) groups excluding carboxylic acids is 1. The lowest BCUT2D eigenvalue weighted by atomic mass is 9.80. The number of aryl methyl sites for hydroxylation is 1. The molecule has 0 aromatic carbocycles. The molecule has 1 aromatic heterocycles. The minimum atomic E-state index is -0.687. The van der Waals surface area contributed by atoms with Gasteiger partial charge in [0.1, 0.15) is 11.3 Å². The molecule has 0 atom stereocenters. The number of methoxy groups -OCH3 is 1. The molecule has 112 valence electrons. The lowest BCUT2D eigenvalue weighted by Crippen LogP contribution is -2.44. The molecule has 0 saturated heterocycles. The van der Waals surface area contributed by atoms with Gasteiger partial charge in [0.25, 0.3) is 0 Å². The van der Waals surface area contributed by atoms with Gasteiger partial charge in [0, 0.05) is 13.2 Å². The number of hydrogen-bond acceptors (Lipinski definition) is 4. The van der Waals surface area contributed by atoms with Crippen LogP contribution in [0.15, 0.2) is 6.20 Å². The van der Waals surface area contributed by atoms with Gasteiger partial charge >= 0.3 is 0 Å². The SMILES string of the molecule is CCOC1(C(=O)c2c(OC)cnn2CC)CCCCC1. The van der Waals surface area contributed by atoms with Crippen molar-refractivity contribution in [3.63, 3.8) is 0 Å². The zero-order valence-electron chi connectivity index (χ0n) is 12.6. The van der Waals surface area contributed by atoms with Crippen LogP contribution < -0.4 is 4.74 Å². The fourth-order valence-corrected chi connectivity index (χ4v) is 3.04. The molecule has 0 N–H and O–H groups in total. The van der Waals surface area contributed by atoms with E-state index >= 15 is 0 Å². The first-order valence-electron chi connectivity index (χ1n) is 7.47. The third kappa shape index (κ3) is 2.59. The average molecular weight is 280 g/mol. The molecule has 1 aliphatic rings. The van der Waals surface area contributed by atoms with Crippen molar-refractivity contribution in [1.29, 1.82) is 0 Å². The predicted octanol–water partition coefficient (Wildman–Crippen LogP) is 2.83. The van der Waals surface area contributed by atoms with Gasteiger partial charge < -0.3 is 9.47 Å². The van der Waals surface area contributed by atoms with Gasteiger partial charge in [-0.2, -0.15) is 5.10 Å². The zero-order chi connectivity index (χ0) is 14.6. The highest BCUT2D eigenvalue weighted by Crippen LogP contribution is 2.36. The molecule has 1 heterocycles. The Kier molecular flexibility index (Phi) is 4.81. The first kappa shape index (κ1) is 15.0. The fraction of sp³-hybridized carbons (Fsp3) is 0.733. The van der Waals surface area contributed by atoms with Gasteiger partial charge in [-0.05, 0) is 26.7 Å². The second-order valence-electron chi connectivity index (χ2n) is 5.19. The molecule has 1 aromatic rings. The van der Waals surface area contributed by atoms with Crippen molar-refractivity contribution in [1.82, 2.24) is 9.78 Å². The summed E-state index contributed by atoms with van der Waals surface area (Å²) in [5.41, 5.74) is -0.141. The van der Waals surface area contributed by atoms with Crippen LogP contribution in [0.5, 0.6) is 5.75 Å². The van der Waals surface area contributed by atoms with Crippen LogP contribution in [-0.4, -0.2) is 34.9 Å². The van der Waals surface area contributed by atoms with Gasteiger partial charge in [-0.15, -0.1) is 0 Å². The number of carbonyl (C=O) groups is 1. The summed E-state index contributed by atoms with van der Waals surface area (Å²) in [5, 5.41) is 4.23. The molecule has 0 aliphatic heterocycles. The van der Waals surface area contributed by atoms with Crippen LogP contribution in [0.25, 0.3) is 0 Å². The Hall–Kier alpha value is -1.36. The Morgan fingerprint density at radius 1 is 1.35 bits per heavy atom. The van der Waals surface area contributed by atoms with Crippen LogP contribution in [0.2, 0.25) is 0 Å². The molecule has 0 amide bonds. The summed E-state index contributed by atoms with van der Waals surface area (Å²) in [7, 11) is 1.57. The van der Waals surface area contributed by atoms with Crippen molar-refractivity contribution in [3.05, 3.63) is 11.9 Å². The Morgan fingerprint density at radius 2 is 2.05 bits per heavy atom. The first-order chi connectivity index (χ1) is 9.68. The summed E-state index contributed by atoms with van der Waals surface area (Å²) in [6, 6.07) is 0. The molecule has 5 nitrogen and oxygen atoms in total. The van der Waals surface area contributed by atoms with Gasteiger partial charge in [0.05, 0.1) is 13.3 Å². The second-order valence-corrected chi connectivity index (χ2v) is 5.19. The average Bonchev–Trinajstić information content (AvgIpc) is 2.90. The highest BCUT2D eigenvalue weighted by molar-refractivity contribution is 6.03. The Labute approximate surface area is 120 Å². The molecule has 0 spiro atoms. The van der Waals surface area contributed by atoms with E-state index in [1.54, 1.807) is 18.0 Å². The van der Waals surface area contributed by atoms with Crippen molar-refractivity contribution in [3.8, 4) is 5.75 Å². The van der Waals surface area contributed by atoms with E-state index in [0.717, 1.165) is 25.7 Å². The van der Waals surface area contributed by atoms with Crippen molar-refractivity contribution >= 4 is 5.78 Å². The van der Waals surface area contributed by atoms with Crippen LogP contribution in [0.4, 0.5) is 0 Å². The summed E-state index contributed by atoms with van der Waals surface area (Å²) < 4.78 is 12.9. The third-order valence-electron chi connectivity index (χ3n) is 4.04. The predicted molar refractivity (Wildman–Crippen MR) is 76.2 cm³/mol. The van der Waals surface area contributed by atoms with E-state index in [4.69, 9.17) is 9.47 Å². The molecule has 0 unspecified atom stereocenters. The van der Waals surface area contributed by atoms with E-state index in [-0.39, 0.29) is 5.78 Å². The van der Waals surface area contributed by atoms with E-state index in [1.807, 2.05) is 13.8 Å². The van der Waals surface area contributed by atoms with Crippen LogP contribution in [0.3, 0.4) is 0 Å². The number of rotatable bonds is 6. The lowest BCUT2D eigenvalue weighted by molar-refractivity contribution is -0.0418. The molecule has 5 heteroatoms. The number of nitrogens with zero attached hydrogens (tertiary/aromatic N) is 2. The molecule has 2 rings (SSSR count).